The summed E-state index contributed by atoms with van der Waals surface area (Å²) in [6.45, 7) is 8.03. The van der Waals surface area contributed by atoms with Gasteiger partial charge >= 0.3 is 0 Å². The number of halogens is 1. The van der Waals surface area contributed by atoms with Crippen molar-refractivity contribution in [1.29, 1.82) is 0 Å². The highest BCUT2D eigenvalue weighted by Crippen LogP contribution is 2.26. The summed E-state index contributed by atoms with van der Waals surface area (Å²) in [4.78, 5) is 0. The molecule has 2 heteroatoms. The molecular formula is C9H20FN. The van der Waals surface area contributed by atoms with Gasteiger partial charge in [-0.15, -0.1) is 0 Å². The maximum absolute atomic E-state index is 13.2. The summed E-state index contributed by atoms with van der Waals surface area (Å²) < 4.78 is 13.2. The lowest BCUT2D eigenvalue weighted by molar-refractivity contribution is 0.158. The van der Waals surface area contributed by atoms with Gasteiger partial charge in [-0.25, -0.2) is 4.39 Å². The molecule has 2 N–H and O–H groups in total. The molecule has 0 aromatic carbocycles. The molecule has 0 aromatic rings. The number of hydrogen-bond donors (Lipinski definition) is 1. The van der Waals surface area contributed by atoms with E-state index < -0.39 is 5.67 Å². The first-order valence-electron chi connectivity index (χ1n) is 4.16. The lowest BCUT2D eigenvalue weighted by Crippen LogP contribution is -2.30. The van der Waals surface area contributed by atoms with Gasteiger partial charge in [0.05, 0.1) is 0 Å². The van der Waals surface area contributed by atoms with Crippen LogP contribution in [-0.4, -0.2) is 12.2 Å². The molecule has 0 aliphatic carbocycles. The van der Waals surface area contributed by atoms with E-state index in [0.717, 1.165) is 6.42 Å². The Balaban J connectivity index is 3.70. The third-order valence-electron chi connectivity index (χ3n) is 1.82. The van der Waals surface area contributed by atoms with E-state index in [1.165, 1.54) is 0 Å². The van der Waals surface area contributed by atoms with Gasteiger partial charge in [-0.05, 0) is 25.2 Å². The average molecular weight is 161 g/mol. The smallest absolute Gasteiger partial charge is 0.120 e. The average Bonchev–Trinajstić information content (AvgIpc) is 1.83. The highest BCUT2D eigenvalue weighted by molar-refractivity contribution is 4.76. The van der Waals surface area contributed by atoms with E-state index in [1.807, 2.05) is 0 Å². The SMILES string of the molecule is CC(C)(C)CCC(C)(F)CN. The third-order valence-corrected chi connectivity index (χ3v) is 1.82. The van der Waals surface area contributed by atoms with Gasteiger partial charge in [0.15, 0.2) is 0 Å². The fraction of sp³-hybridized carbons (Fsp3) is 1.00. The molecule has 1 atom stereocenters. The molecule has 68 valence electrons. The molecule has 0 spiro atoms. The van der Waals surface area contributed by atoms with E-state index in [9.17, 15) is 4.39 Å². The van der Waals surface area contributed by atoms with Gasteiger partial charge < -0.3 is 5.73 Å². The lowest BCUT2D eigenvalue weighted by Gasteiger charge is -2.24. The van der Waals surface area contributed by atoms with Crippen molar-refractivity contribution < 1.29 is 4.39 Å². The highest BCUT2D eigenvalue weighted by Gasteiger charge is 2.23. The first-order valence-corrected chi connectivity index (χ1v) is 4.16. The number of nitrogens with two attached hydrogens (primary N) is 1. The molecule has 0 rings (SSSR count). The Hall–Kier alpha value is -0.110. The number of rotatable bonds is 3. The molecule has 0 aliphatic rings. The summed E-state index contributed by atoms with van der Waals surface area (Å²) in [6, 6.07) is 0. The zero-order valence-electron chi connectivity index (χ0n) is 8.08. The molecule has 1 unspecified atom stereocenters. The predicted molar refractivity (Wildman–Crippen MR) is 47.3 cm³/mol. The van der Waals surface area contributed by atoms with Crippen molar-refractivity contribution in [3.05, 3.63) is 0 Å². The van der Waals surface area contributed by atoms with Crippen LogP contribution < -0.4 is 5.73 Å². The molecule has 11 heavy (non-hydrogen) atoms. The highest BCUT2D eigenvalue weighted by atomic mass is 19.1. The predicted octanol–water partition coefficient (Wildman–Crippen LogP) is 2.50. The maximum atomic E-state index is 13.2. The molecule has 0 fully saturated rings. The zero-order chi connectivity index (χ0) is 9.12. The summed E-state index contributed by atoms with van der Waals surface area (Å²) in [7, 11) is 0. The fourth-order valence-electron chi connectivity index (χ4n) is 0.738. The summed E-state index contributed by atoms with van der Waals surface area (Å²) in [5.74, 6) is 0. The van der Waals surface area contributed by atoms with Gasteiger partial charge in [0.25, 0.3) is 0 Å². The van der Waals surface area contributed by atoms with Crippen molar-refractivity contribution in [3.8, 4) is 0 Å². The van der Waals surface area contributed by atoms with Gasteiger partial charge in [-0.2, -0.15) is 0 Å². The minimum Gasteiger partial charge on any atom is -0.328 e. The van der Waals surface area contributed by atoms with Crippen LogP contribution in [0.5, 0.6) is 0 Å². The second-order valence-electron chi connectivity index (χ2n) is 4.68. The second-order valence-corrected chi connectivity index (χ2v) is 4.68. The van der Waals surface area contributed by atoms with Crippen molar-refractivity contribution in [2.45, 2.75) is 46.2 Å². The molecule has 0 bridgehead atoms. The van der Waals surface area contributed by atoms with Crippen molar-refractivity contribution in [3.63, 3.8) is 0 Å². The molecule has 0 amide bonds. The molecule has 1 nitrogen and oxygen atoms in total. The maximum Gasteiger partial charge on any atom is 0.120 e. The summed E-state index contributed by atoms with van der Waals surface area (Å²) in [6.07, 6.45) is 1.45. The van der Waals surface area contributed by atoms with Crippen LogP contribution in [0.2, 0.25) is 0 Å². The number of hydrogen-bond acceptors (Lipinski definition) is 1. The van der Waals surface area contributed by atoms with Crippen LogP contribution in [0.4, 0.5) is 4.39 Å². The fourth-order valence-corrected chi connectivity index (χ4v) is 0.738. The molecule has 0 radical (unpaired) electrons. The van der Waals surface area contributed by atoms with Crippen molar-refractivity contribution in [2.24, 2.45) is 11.1 Å². The van der Waals surface area contributed by atoms with E-state index in [0.29, 0.717) is 6.42 Å². The molecule has 0 saturated heterocycles. The Bertz CT molecular complexity index is 113. The van der Waals surface area contributed by atoms with E-state index in [1.54, 1.807) is 6.92 Å². The largest absolute Gasteiger partial charge is 0.328 e. The van der Waals surface area contributed by atoms with Crippen LogP contribution in [0.3, 0.4) is 0 Å². The standard InChI is InChI=1S/C9H20FN/c1-8(2,3)5-6-9(4,10)7-11/h5-7,11H2,1-4H3. The van der Waals surface area contributed by atoms with Crippen LogP contribution >= 0.6 is 0 Å². The minimum atomic E-state index is -1.17. The number of alkyl halides is 1. The molecule has 0 aliphatic heterocycles. The Morgan fingerprint density at radius 3 is 1.82 bits per heavy atom. The van der Waals surface area contributed by atoms with E-state index >= 15 is 0 Å². The van der Waals surface area contributed by atoms with E-state index in [4.69, 9.17) is 5.73 Å². The van der Waals surface area contributed by atoms with Crippen LogP contribution in [0, 0.1) is 5.41 Å². The van der Waals surface area contributed by atoms with Gasteiger partial charge in [-0.1, -0.05) is 20.8 Å². The molecule has 0 saturated carbocycles. The van der Waals surface area contributed by atoms with Crippen LogP contribution in [0.15, 0.2) is 0 Å². The summed E-state index contributed by atoms with van der Waals surface area (Å²) >= 11 is 0. The minimum absolute atomic E-state index is 0.128. The van der Waals surface area contributed by atoms with Crippen LogP contribution in [0.1, 0.15) is 40.5 Å². The zero-order valence-corrected chi connectivity index (χ0v) is 8.08. The van der Waals surface area contributed by atoms with Crippen LogP contribution in [-0.2, 0) is 0 Å². The third kappa shape index (κ3) is 6.29. The van der Waals surface area contributed by atoms with Crippen LogP contribution in [0.25, 0.3) is 0 Å². The second kappa shape index (κ2) is 3.53. The van der Waals surface area contributed by atoms with E-state index in [-0.39, 0.29) is 12.0 Å². The molecule has 0 aromatic heterocycles. The quantitative estimate of drug-likeness (QED) is 0.676. The first kappa shape index (κ1) is 10.9. The molecule has 0 heterocycles. The van der Waals surface area contributed by atoms with Crippen molar-refractivity contribution >= 4 is 0 Å². The van der Waals surface area contributed by atoms with Gasteiger partial charge in [0.1, 0.15) is 5.67 Å². The Labute approximate surface area is 69.2 Å². The lowest BCUT2D eigenvalue weighted by atomic mass is 9.86. The monoisotopic (exact) mass is 161 g/mol. The Morgan fingerprint density at radius 2 is 1.55 bits per heavy atom. The van der Waals surface area contributed by atoms with Gasteiger partial charge in [0, 0.05) is 6.54 Å². The Kier molecular flexibility index (Phi) is 3.49. The summed E-state index contributed by atoms with van der Waals surface area (Å²) in [5, 5.41) is 0. The van der Waals surface area contributed by atoms with Crippen molar-refractivity contribution in [2.75, 3.05) is 6.54 Å². The normalized spacial score (nSPS) is 18.0. The van der Waals surface area contributed by atoms with Gasteiger partial charge in [-0.3, -0.25) is 0 Å². The first-order chi connectivity index (χ1) is 4.77. The van der Waals surface area contributed by atoms with Crippen molar-refractivity contribution in [1.82, 2.24) is 0 Å². The van der Waals surface area contributed by atoms with E-state index in [2.05, 4.69) is 20.8 Å². The molecular weight excluding hydrogens is 141 g/mol. The topological polar surface area (TPSA) is 26.0 Å². The summed E-state index contributed by atoms with van der Waals surface area (Å²) in [5.41, 5.74) is 4.30. The Morgan fingerprint density at radius 1 is 1.09 bits per heavy atom. The van der Waals surface area contributed by atoms with Gasteiger partial charge in [0.2, 0.25) is 0 Å².